The first kappa shape index (κ1) is 32.4. The predicted molar refractivity (Wildman–Crippen MR) is 164 cm³/mol. The number of benzene rings is 1. The van der Waals surface area contributed by atoms with Crippen molar-refractivity contribution in [3.63, 3.8) is 0 Å². The van der Waals surface area contributed by atoms with E-state index in [-0.39, 0.29) is 48.3 Å². The number of pyridine rings is 1. The minimum Gasteiger partial charge on any atom is -0.476 e. The zero-order valence-corrected chi connectivity index (χ0v) is 26.0. The van der Waals surface area contributed by atoms with Gasteiger partial charge in [0.15, 0.2) is 11.4 Å². The Morgan fingerprint density at radius 1 is 1.07 bits per heavy atom. The first-order chi connectivity index (χ1) is 21.5. The molecule has 1 N–H and O–H groups in total. The fraction of sp³-hybridized carbons (Fsp3) is 0.452. The number of alkyl halides is 3. The molecule has 2 aliphatic heterocycles. The molecular weight excluding hydrogens is 611 g/mol. The van der Waals surface area contributed by atoms with E-state index in [1.54, 1.807) is 12.1 Å². The Morgan fingerprint density at radius 2 is 1.84 bits per heavy atom. The highest BCUT2D eigenvalue weighted by Gasteiger charge is 2.38. The highest BCUT2D eigenvalue weighted by atomic mass is 35.5. The van der Waals surface area contributed by atoms with E-state index in [2.05, 4.69) is 20.2 Å². The molecule has 10 nitrogen and oxygen atoms in total. The molecule has 2 fully saturated rings. The number of carbonyl (C=O) groups excluding carboxylic acids is 2. The molecule has 5 rings (SSSR count). The molecule has 4 heterocycles. The van der Waals surface area contributed by atoms with Gasteiger partial charge in [-0.15, -0.1) is 0 Å². The first-order valence-electron chi connectivity index (χ1n) is 14.9. The third kappa shape index (κ3) is 7.14. The van der Waals surface area contributed by atoms with Crippen molar-refractivity contribution in [2.45, 2.75) is 44.9 Å². The lowest BCUT2D eigenvalue weighted by Gasteiger charge is -2.43. The summed E-state index contributed by atoms with van der Waals surface area (Å²) in [6.07, 6.45) is -0.335. The number of amides is 2. The van der Waals surface area contributed by atoms with Crippen molar-refractivity contribution in [3.8, 4) is 17.3 Å². The number of aromatic nitrogens is 3. The number of piperazine rings is 1. The van der Waals surface area contributed by atoms with Gasteiger partial charge < -0.3 is 24.8 Å². The summed E-state index contributed by atoms with van der Waals surface area (Å²) in [4.78, 5) is 46.2. The van der Waals surface area contributed by atoms with E-state index in [4.69, 9.17) is 21.3 Å². The summed E-state index contributed by atoms with van der Waals surface area (Å²) in [6, 6.07) is 6.38. The molecule has 2 aliphatic rings. The van der Waals surface area contributed by atoms with E-state index in [0.29, 0.717) is 42.5 Å². The summed E-state index contributed by atoms with van der Waals surface area (Å²) in [6.45, 7) is 6.28. The normalized spacial score (nSPS) is 19.1. The number of ether oxygens (including phenoxy) is 1. The molecule has 2 atom stereocenters. The highest BCUT2D eigenvalue weighted by molar-refractivity contribution is 6.30. The number of rotatable bonds is 8. The summed E-state index contributed by atoms with van der Waals surface area (Å²) >= 11 is 5.83. The van der Waals surface area contributed by atoms with E-state index in [0.717, 1.165) is 25.1 Å². The summed E-state index contributed by atoms with van der Waals surface area (Å²) in [5, 5.41) is 3.01. The summed E-state index contributed by atoms with van der Waals surface area (Å²) in [7, 11) is 1.99. The molecule has 0 unspecified atom stereocenters. The van der Waals surface area contributed by atoms with E-state index >= 15 is 0 Å². The summed E-state index contributed by atoms with van der Waals surface area (Å²) in [5.74, 6) is -0.777. The van der Waals surface area contributed by atoms with Gasteiger partial charge in [0.1, 0.15) is 0 Å². The van der Waals surface area contributed by atoms with Crippen LogP contribution in [0.4, 0.5) is 18.9 Å². The van der Waals surface area contributed by atoms with Crippen LogP contribution in [0.25, 0.3) is 11.4 Å². The van der Waals surface area contributed by atoms with Gasteiger partial charge in [-0.25, -0.2) is 15.0 Å². The Labute approximate surface area is 264 Å². The van der Waals surface area contributed by atoms with Crippen LogP contribution in [0.3, 0.4) is 0 Å². The van der Waals surface area contributed by atoms with Gasteiger partial charge >= 0.3 is 6.18 Å². The topological polar surface area (TPSA) is 104 Å². The van der Waals surface area contributed by atoms with Gasteiger partial charge in [-0.1, -0.05) is 18.5 Å². The van der Waals surface area contributed by atoms with Gasteiger partial charge in [0, 0.05) is 55.7 Å². The van der Waals surface area contributed by atoms with Crippen molar-refractivity contribution in [1.29, 1.82) is 0 Å². The number of nitrogens with one attached hydrogen (secondary N) is 1. The van der Waals surface area contributed by atoms with E-state index in [9.17, 15) is 22.8 Å². The number of nitrogens with zero attached hydrogens (tertiary/aromatic N) is 6. The number of likely N-dealkylation sites (tertiary alicyclic amines) is 1. The molecule has 0 radical (unpaired) electrons. The fourth-order valence-electron chi connectivity index (χ4n) is 5.85. The molecule has 0 aliphatic carbocycles. The van der Waals surface area contributed by atoms with Crippen LogP contribution < -0.4 is 15.0 Å². The molecule has 1 aromatic carbocycles. The molecule has 3 aromatic rings. The van der Waals surface area contributed by atoms with Crippen molar-refractivity contribution in [3.05, 3.63) is 64.6 Å². The molecule has 2 amide bonds. The largest absolute Gasteiger partial charge is 0.476 e. The van der Waals surface area contributed by atoms with Gasteiger partial charge in [0.05, 0.1) is 29.1 Å². The van der Waals surface area contributed by atoms with Crippen molar-refractivity contribution >= 4 is 29.1 Å². The second-order valence-electron chi connectivity index (χ2n) is 11.1. The number of halogens is 4. The van der Waals surface area contributed by atoms with Crippen LogP contribution in [-0.2, 0) is 6.18 Å². The molecule has 2 aromatic heterocycles. The van der Waals surface area contributed by atoms with Crippen molar-refractivity contribution in [1.82, 2.24) is 30.1 Å². The SMILES string of the molecule is CCOc1nccnc1-c1ccc(N2CCN(C(=O)c3ccc(Cl)cc3C(F)(F)F)C[C@H]2CC)c(C(=O)N[C@@H]2CCN(C)C2)n1. The average Bonchev–Trinajstić information content (AvgIpc) is 3.44. The van der Waals surface area contributed by atoms with Crippen LogP contribution in [0, 0.1) is 0 Å². The zero-order valence-electron chi connectivity index (χ0n) is 25.3. The maximum atomic E-state index is 13.8. The summed E-state index contributed by atoms with van der Waals surface area (Å²) < 4.78 is 47.0. The Kier molecular flexibility index (Phi) is 9.78. The van der Waals surface area contributed by atoms with Crippen LogP contribution in [0.2, 0.25) is 5.02 Å². The number of likely N-dealkylation sites (N-methyl/N-ethyl adjacent to an activating group) is 1. The van der Waals surface area contributed by atoms with Crippen LogP contribution in [0.1, 0.15) is 53.1 Å². The molecule has 2 saturated heterocycles. The molecule has 45 heavy (non-hydrogen) atoms. The van der Waals surface area contributed by atoms with E-state index in [1.165, 1.54) is 23.4 Å². The second kappa shape index (κ2) is 13.6. The lowest BCUT2D eigenvalue weighted by molar-refractivity contribution is -0.138. The number of anilines is 1. The highest BCUT2D eigenvalue weighted by Crippen LogP contribution is 2.35. The van der Waals surface area contributed by atoms with Crippen LogP contribution in [0.15, 0.2) is 42.7 Å². The molecular formula is C31H35ClF3N7O3. The standard InChI is InChI=1S/C31H35ClF3N7O3/c1-4-21-18-41(30(44)22-7-6-19(32)16-23(22)31(33,34)35)14-15-42(21)25-9-8-24(26-29(45-5-2)37-12-11-36-26)39-27(25)28(43)38-20-10-13-40(3)17-20/h6-9,11-12,16,20-21H,4-5,10,13-15,17-18H2,1-3H3,(H,38,43)/t20-,21-/m1/s1. The molecule has 14 heteroatoms. The van der Waals surface area contributed by atoms with Crippen molar-refractivity contribution in [2.75, 3.05) is 51.3 Å². The van der Waals surface area contributed by atoms with Crippen molar-refractivity contribution < 1.29 is 27.5 Å². The minimum absolute atomic E-state index is 0.0463. The van der Waals surface area contributed by atoms with Gasteiger partial charge in [-0.2, -0.15) is 13.2 Å². The third-order valence-electron chi connectivity index (χ3n) is 8.07. The quantitative estimate of drug-likeness (QED) is 0.373. The predicted octanol–water partition coefficient (Wildman–Crippen LogP) is 4.78. The molecule has 0 bridgehead atoms. The lowest BCUT2D eigenvalue weighted by Crippen LogP contribution is -2.55. The number of hydrogen-bond donors (Lipinski definition) is 1. The molecule has 240 valence electrons. The Balaban J connectivity index is 1.47. The van der Waals surface area contributed by atoms with Crippen LogP contribution in [0.5, 0.6) is 5.88 Å². The zero-order chi connectivity index (χ0) is 32.3. The number of carbonyl (C=O) groups is 2. The average molecular weight is 646 g/mol. The van der Waals surface area contributed by atoms with Gasteiger partial charge in [0.2, 0.25) is 5.88 Å². The van der Waals surface area contributed by atoms with E-state index < -0.39 is 23.2 Å². The monoisotopic (exact) mass is 645 g/mol. The van der Waals surface area contributed by atoms with Crippen LogP contribution >= 0.6 is 11.6 Å². The molecule has 0 saturated carbocycles. The van der Waals surface area contributed by atoms with Gasteiger partial charge in [0.25, 0.3) is 11.8 Å². The van der Waals surface area contributed by atoms with E-state index in [1.807, 2.05) is 25.8 Å². The van der Waals surface area contributed by atoms with Crippen molar-refractivity contribution in [2.24, 2.45) is 0 Å². The molecule has 0 spiro atoms. The Hall–Kier alpha value is -3.97. The third-order valence-corrected chi connectivity index (χ3v) is 8.31. The maximum Gasteiger partial charge on any atom is 0.417 e. The Bertz CT molecular complexity index is 1560. The fourth-order valence-corrected chi connectivity index (χ4v) is 6.02. The van der Waals surface area contributed by atoms with Crippen LogP contribution in [-0.4, -0.2) is 95.0 Å². The minimum atomic E-state index is -4.74. The van der Waals surface area contributed by atoms with Gasteiger partial charge in [-0.3, -0.25) is 9.59 Å². The van der Waals surface area contributed by atoms with Gasteiger partial charge in [-0.05, 0) is 63.7 Å². The Morgan fingerprint density at radius 3 is 2.53 bits per heavy atom. The smallest absolute Gasteiger partial charge is 0.417 e. The summed E-state index contributed by atoms with van der Waals surface area (Å²) in [5.41, 5.74) is 0.0372. The second-order valence-corrected chi connectivity index (χ2v) is 11.6. The number of hydrogen-bond acceptors (Lipinski definition) is 8. The first-order valence-corrected chi connectivity index (χ1v) is 15.2. The maximum absolute atomic E-state index is 13.8. The lowest BCUT2D eigenvalue weighted by atomic mass is 10.0.